The van der Waals surface area contributed by atoms with E-state index in [0.717, 1.165) is 24.2 Å². The Labute approximate surface area is 139 Å². The van der Waals surface area contributed by atoms with E-state index in [2.05, 4.69) is 48.0 Å². The maximum atomic E-state index is 12.3. The summed E-state index contributed by atoms with van der Waals surface area (Å²) in [6, 6.07) is 14.5. The molecule has 3 heteroatoms. The first-order valence-electron chi connectivity index (χ1n) is 8.15. The molecule has 2 rings (SSSR count). The van der Waals surface area contributed by atoms with Crippen molar-refractivity contribution >= 4 is 16.7 Å². The molecule has 0 fully saturated rings. The zero-order valence-electron chi connectivity index (χ0n) is 14.3. The van der Waals surface area contributed by atoms with Gasteiger partial charge in [-0.3, -0.25) is 9.69 Å². The van der Waals surface area contributed by atoms with Gasteiger partial charge in [0.05, 0.1) is 12.6 Å². The smallest absolute Gasteiger partial charge is 0.234 e. The second kappa shape index (κ2) is 7.93. The lowest BCUT2D eigenvalue weighted by Crippen LogP contribution is -2.38. The van der Waals surface area contributed by atoms with E-state index in [9.17, 15) is 4.79 Å². The van der Waals surface area contributed by atoms with Crippen molar-refractivity contribution in [1.29, 1.82) is 0 Å². The van der Waals surface area contributed by atoms with Crippen LogP contribution in [0, 0.1) is 0 Å². The van der Waals surface area contributed by atoms with Crippen LogP contribution in [0.1, 0.15) is 32.4 Å². The third kappa shape index (κ3) is 4.67. The van der Waals surface area contributed by atoms with Gasteiger partial charge in [0.15, 0.2) is 0 Å². The second-order valence-electron chi connectivity index (χ2n) is 6.12. The summed E-state index contributed by atoms with van der Waals surface area (Å²) < 4.78 is 0. The summed E-state index contributed by atoms with van der Waals surface area (Å²) >= 11 is 0. The van der Waals surface area contributed by atoms with E-state index < -0.39 is 0 Å². The lowest BCUT2D eigenvalue weighted by atomic mass is 10.00. The number of amides is 1. The van der Waals surface area contributed by atoms with Crippen molar-refractivity contribution in [2.75, 3.05) is 19.6 Å². The van der Waals surface area contributed by atoms with Gasteiger partial charge in [-0.05, 0) is 36.7 Å². The largest absolute Gasteiger partial charge is 0.348 e. The van der Waals surface area contributed by atoms with Crippen molar-refractivity contribution in [2.45, 2.75) is 26.8 Å². The number of nitrogens with one attached hydrogen (secondary N) is 1. The first-order valence-corrected chi connectivity index (χ1v) is 8.15. The van der Waals surface area contributed by atoms with Crippen LogP contribution >= 0.6 is 0 Å². The van der Waals surface area contributed by atoms with Crippen molar-refractivity contribution in [3.63, 3.8) is 0 Å². The van der Waals surface area contributed by atoms with E-state index in [-0.39, 0.29) is 11.9 Å². The average molecular weight is 310 g/mol. The summed E-state index contributed by atoms with van der Waals surface area (Å²) in [6.07, 6.45) is 0. The normalized spacial score (nSPS) is 12.3. The number of fused-ring (bicyclic) bond motifs is 1. The Morgan fingerprint density at radius 3 is 2.57 bits per heavy atom. The molecular formula is C20H26N2O. The molecule has 0 aliphatic heterocycles. The molecule has 1 atom stereocenters. The number of nitrogens with zero attached hydrogens (tertiary/aromatic N) is 1. The third-order valence-corrected chi connectivity index (χ3v) is 3.98. The molecule has 0 saturated carbocycles. The maximum Gasteiger partial charge on any atom is 0.234 e. The number of likely N-dealkylation sites (N-methyl/N-ethyl adjacent to an activating group) is 1. The minimum absolute atomic E-state index is 0.0165. The van der Waals surface area contributed by atoms with Crippen molar-refractivity contribution in [1.82, 2.24) is 10.2 Å². The molecule has 3 nitrogen and oxygen atoms in total. The Morgan fingerprint density at radius 1 is 1.17 bits per heavy atom. The van der Waals surface area contributed by atoms with Gasteiger partial charge in [-0.1, -0.05) is 61.5 Å². The van der Waals surface area contributed by atoms with Crippen LogP contribution in [0.4, 0.5) is 0 Å². The average Bonchev–Trinajstić information content (AvgIpc) is 2.53. The highest BCUT2D eigenvalue weighted by molar-refractivity contribution is 5.87. The monoisotopic (exact) mass is 310 g/mol. The number of benzene rings is 2. The van der Waals surface area contributed by atoms with Crippen LogP contribution in [0.5, 0.6) is 0 Å². The first-order chi connectivity index (χ1) is 11.0. The molecule has 2 aromatic rings. The number of rotatable bonds is 7. The predicted molar refractivity (Wildman–Crippen MR) is 97.4 cm³/mol. The van der Waals surface area contributed by atoms with Gasteiger partial charge in [-0.15, -0.1) is 0 Å². The molecular weight excluding hydrogens is 284 g/mol. The Hall–Kier alpha value is -2.13. The molecule has 0 heterocycles. The number of hydrogen-bond acceptors (Lipinski definition) is 2. The van der Waals surface area contributed by atoms with Gasteiger partial charge in [0.25, 0.3) is 0 Å². The molecule has 23 heavy (non-hydrogen) atoms. The highest BCUT2D eigenvalue weighted by Gasteiger charge is 2.14. The predicted octanol–water partition coefficient (Wildman–Crippen LogP) is 3.92. The fourth-order valence-corrected chi connectivity index (χ4v) is 2.86. The van der Waals surface area contributed by atoms with Crippen LogP contribution in [-0.4, -0.2) is 30.4 Å². The minimum atomic E-state index is -0.0165. The number of hydrogen-bond donors (Lipinski definition) is 1. The third-order valence-electron chi connectivity index (χ3n) is 3.98. The van der Waals surface area contributed by atoms with E-state index in [0.29, 0.717) is 6.54 Å². The SMILES string of the molecule is C=C(C)CN(CC)CC(=O)NC(C)c1cccc2ccccc12. The number of carbonyl (C=O) groups is 1. The van der Waals surface area contributed by atoms with Crippen molar-refractivity contribution in [3.8, 4) is 0 Å². The van der Waals surface area contributed by atoms with Gasteiger partial charge < -0.3 is 5.32 Å². The van der Waals surface area contributed by atoms with E-state index in [1.54, 1.807) is 0 Å². The van der Waals surface area contributed by atoms with Crippen molar-refractivity contribution < 1.29 is 4.79 Å². The second-order valence-corrected chi connectivity index (χ2v) is 6.12. The summed E-state index contributed by atoms with van der Waals surface area (Å²) in [6.45, 7) is 12.0. The van der Waals surface area contributed by atoms with Crippen molar-refractivity contribution in [3.05, 3.63) is 60.2 Å². The van der Waals surface area contributed by atoms with Gasteiger partial charge in [0, 0.05) is 6.54 Å². The lowest BCUT2D eigenvalue weighted by Gasteiger charge is -2.22. The quantitative estimate of drug-likeness (QED) is 0.786. The molecule has 0 aliphatic rings. The molecule has 2 aromatic carbocycles. The molecule has 122 valence electrons. The van der Waals surface area contributed by atoms with Crippen LogP contribution in [0.2, 0.25) is 0 Å². The molecule has 0 saturated heterocycles. The molecule has 0 spiro atoms. The van der Waals surface area contributed by atoms with E-state index >= 15 is 0 Å². The summed E-state index contributed by atoms with van der Waals surface area (Å²) in [5, 5.41) is 5.51. The number of carbonyl (C=O) groups excluding carboxylic acids is 1. The van der Waals surface area contributed by atoms with Gasteiger partial charge in [0.1, 0.15) is 0 Å². The molecule has 0 aromatic heterocycles. The highest BCUT2D eigenvalue weighted by Crippen LogP contribution is 2.23. The van der Waals surface area contributed by atoms with Crippen LogP contribution in [-0.2, 0) is 4.79 Å². The molecule has 1 N–H and O–H groups in total. The molecule has 0 bridgehead atoms. The molecule has 0 radical (unpaired) electrons. The fraction of sp³-hybridized carbons (Fsp3) is 0.350. The fourth-order valence-electron chi connectivity index (χ4n) is 2.86. The zero-order valence-corrected chi connectivity index (χ0v) is 14.3. The summed E-state index contributed by atoms with van der Waals surface area (Å²) in [4.78, 5) is 14.4. The Bertz CT molecular complexity index is 688. The van der Waals surface area contributed by atoms with E-state index in [1.807, 2.05) is 32.0 Å². The molecule has 1 unspecified atom stereocenters. The maximum absolute atomic E-state index is 12.3. The van der Waals surface area contributed by atoms with Crippen LogP contribution in [0.15, 0.2) is 54.6 Å². The van der Waals surface area contributed by atoms with Crippen molar-refractivity contribution in [2.24, 2.45) is 0 Å². The van der Waals surface area contributed by atoms with Crippen LogP contribution in [0.3, 0.4) is 0 Å². The molecule has 1 amide bonds. The van der Waals surface area contributed by atoms with E-state index in [4.69, 9.17) is 0 Å². The topological polar surface area (TPSA) is 32.3 Å². The van der Waals surface area contributed by atoms with Crippen LogP contribution < -0.4 is 5.32 Å². The van der Waals surface area contributed by atoms with Gasteiger partial charge in [-0.25, -0.2) is 0 Å². The zero-order chi connectivity index (χ0) is 16.8. The standard InChI is InChI=1S/C20H26N2O/c1-5-22(13-15(2)3)14-20(23)21-16(4)18-12-8-10-17-9-6-7-11-19(17)18/h6-12,16H,2,5,13-14H2,1,3-4H3,(H,21,23). The minimum Gasteiger partial charge on any atom is -0.348 e. The first kappa shape index (κ1) is 17.2. The van der Waals surface area contributed by atoms with Crippen LogP contribution in [0.25, 0.3) is 10.8 Å². The Morgan fingerprint density at radius 2 is 1.87 bits per heavy atom. The Kier molecular flexibility index (Phi) is 5.94. The lowest BCUT2D eigenvalue weighted by molar-refractivity contribution is -0.122. The van der Waals surface area contributed by atoms with Gasteiger partial charge >= 0.3 is 0 Å². The summed E-state index contributed by atoms with van der Waals surface area (Å²) in [5.74, 6) is 0.0496. The summed E-state index contributed by atoms with van der Waals surface area (Å²) in [7, 11) is 0. The summed E-state index contributed by atoms with van der Waals surface area (Å²) in [5.41, 5.74) is 2.22. The van der Waals surface area contributed by atoms with E-state index in [1.165, 1.54) is 10.8 Å². The Balaban J connectivity index is 2.07. The highest BCUT2D eigenvalue weighted by atomic mass is 16.2. The van der Waals surface area contributed by atoms with Gasteiger partial charge in [-0.2, -0.15) is 0 Å². The molecule has 0 aliphatic carbocycles. The van der Waals surface area contributed by atoms with Gasteiger partial charge in [0.2, 0.25) is 5.91 Å².